The lowest BCUT2D eigenvalue weighted by atomic mass is 10.1. The zero-order valence-electron chi connectivity index (χ0n) is 9.72. The van der Waals surface area contributed by atoms with Crippen LogP contribution in [0.15, 0.2) is 36.4 Å². The van der Waals surface area contributed by atoms with Crippen molar-refractivity contribution in [3.05, 3.63) is 42.0 Å². The Morgan fingerprint density at radius 3 is 2.82 bits per heavy atom. The van der Waals surface area contributed by atoms with Gasteiger partial charge in [0.2, 0.25) is 0 Å². The first-order valence-electron chi connectivity index (χ1n) is 5.27. The molecule has 0 saturated heterocycles. The van der Waals surface area contributed by atoms with E-state index in [9.17, 15) is 9.90 Å². The van der Waals surface area contributed by atoms with Crippen molar-refractivity contribution in [2.24, 2.45) is 0 Å². The van der Waals surface area contributed by atoms with Crippen molar-refractivity contribution in [1.82, 2.24) is 0 Å². The van der Waals surface area contributed by atoms with Crippen molar-refractivity contribution < 1.29 is 19.7 Å². The zero-order valence-corrected chi connectivity index (χ0v) is 9.72. The third-order valence-electron chi connectivity index (χ3n) is 2.22. The molecule has 0 aliphatic rings. The second kappa shape index (κ2) is 6.06. The summed E-state index contributed by atoms with van der Waals surface area (Å²) in [6.45, 7) is 5.34. The van der Waals surface area contributed by atoms with Crippen LogP contribution in [-0.2, 0) is 4.79 Å². The Bertz CT molecular complexity index is 412. The van der Waals surface area contributed by atoms with E-state index in [0.29, 0.717) is 5.75 Å². The zero-order chi connectivity index (χ0) is 12.8. The largest absolute Gasteiger partial charge is 0.491 e. The Hall–Kier alpha value is -1.81. The number of aliphatic carboxylic acids is 1. The van der Waals surface area contributed by atoms with Gasteiger partial charge in [0.15, 0.2) is 0 Å². The average Bonchev–Trinajstić information content (AvgIpc) is 2.26. The van der Waals surface area contributed by atoms with Crippen LogP contribution in [0.4, 0.5) is 0 Å². The van der Waals surface area contributed by atoms with E-state index in [-0.39, 0.29) is 18.6 Å². The highest BCUT2D eigenvalue weighted by Crippen LogP contribution is 2.13. The Morgan fingerprint density at radius 1 is 1.53 bits per heavy atom. The minimum absolute atomic E-state index is 0.00114. The Morgan fingerprint density at radius 2 is 2.24 bits per heavy atom. The summed E-state index contributed by atoms with van der Waals surface area (Å²) in [5, 5.41) is 18.2. The number of rotatable bonds is 6. The molecule has 2 N–H and O–H groups in total. The fourth-order valence-corrected chi connectivity index (χ4v) is 1.33. The van der Waals surface area contributed by atoms with Crippen LogP contribution in [0.2, 0.25) is 0 Å². The predicted octanol–water partition coefficient (Wildman–Crippen LogP) is 1.77. The fourth-order valence-electron chi connectivity index (χ4n) is 1.33. The van der Waals surface area contributed by atoms with Gasteiger partial charge in [-0.1, -0.05) is 18.7 Å². The maximum Gasteiger partial charge on any atom is 0.331 e. The molecule has 1 unspecified atom stereocenters. The van der Waals surface area contributed by atoms with E-state index in [1.165, 1.54) is 0 Å². The molecule has 1 aromatic carbocycles. The molecule has 0 radical (unpaired) electrons. The molecule has 0 aliphatic heterocycles. The van der Waals surface area contributed by atoms with Crippen LogP contribution in [0.1, 0.15) is 12.0 Å². The highest BCUT2D eigenvalue weighted by atomic mass is 16.5. The Labute approximate surface area is 100 Å². The van der Waals surface area contributed by atoms with Crippen molar-refractivity contribution in [3.8, 4) is 5.75 Å². The van der Waals surface area contributed by atoms with Gasteiger partial charge in [0.1, 0.15) is 12.4 Å². The minimum Gasteiger partial charge on any atom is -0.491 e. The number of aliphatic hydroxyl groups is 1. The van der Waals surface area contributed by atoms with Crippen molar-refractivity contribution in [2.75, 3.05) is 6.61 Å². The van der Waals surface area contributed by atoms with Crippen molar-refractivity contribution in [2.45, 2.75) is 19.4 Å². The Kier molecular flexibility index (Phi) is 4.72. The quantitative estimate of drug-likeness (QED) is 0.739. The van der Waals surface area contributed by atoms with Crippen LogP contribution in [-0.4, -0.2) is 28.9 Å². The third kappa shape index (κ3) is 4.70. The van der Waals surface area contributed by atoms with Crippen molar-refractivity contribution in [3.63, 3.8) is 0 Å². The molecule has 1 aromatic rings. The van der Waals surface area contributed by atoms with Gasteiger partial charge in [-0.05, 0) is 24.6 Å². The van der Waals surface area contributed by atoms with Crippen LogP contribution in [0.25, 0.3) is 0 Å². The van der Waals surface area contributed by atoms with Crippen LogP contribution < -0.4 is 4.74 Å². The van der Waals surface area contributed by atoms with Gasteiger partial charge in [0, 0.05) is 12.0 Å². The molecular formula is C13H16O4. The molecule has 1 atom stereocenters. The van der Waals surface area contributed by atoms with Crippen LogP contribution >= 0.6 is 0 Å². The maximum absolute atomic E-state index is 10.5. The normalized spacial score (nSPS) is 11.9. The number of carboxylic acid groups (broad SMARTS) is 1. The molecule has 0 saturated carbocycles. The van der Waals surface area contributed by atoms with Gasteiger partial charge in [-0.3, -0.25) is 0 Å². The second-order valence-corrected chi connectivity index (χ2v) is 3.89. The number of hydrogen-bond acceptors (Lipinski definition) is 3. The number of carbonyl (C=O) groups is 1. The molecule has 1 rings (SSSR count). The highest BCUT2D eigenvalue weighted by molar-refractivity contribution is 5.85. The first kappa shape index (κ1) is 13.3. The average molecular weight is 236 g/mol. The number of carboxylic acids is 1. The van der Waals surface area contributed by atoms with E-state index in [4.69, 9.17) is 9.84 Å². The van der Waals surface area contributed by atoms with E-state index >= 15 is 0 Å². The fraction of sp³-hybridized carbons (Fsp3) is 0.308. The predicted molar refractivity (Wildman–Crippen MR) is 64.1 cm³/mol. The summed E-state index contributed by atoms with van der Waals surface area (Å²) in [6, 6.07) is 7.42. The molecule has 0 spiro atoms. The van der Waals surface area contributed by atoms with Gasteiger partial charge in [0.25, 0.3) is 0 Å². The summed E-state index contributed by atoms with van der Waals surface area (Å²) in [6.07, 6.45) is -0.861. The standard InChI is InChI=1S/C13H16O4/c1-9-4-3-5-12(6-9)17-8-11(14)7-10(2)13(15)16/h3-6,11,14H,2,7-8H2,1H3,(H,15,16). The molecule has 0 aliphatic carbocycles. The Balaban J connectivity index is 2.40. The molecule has 4 heteroatoms. The molecule has 4 nitrogen and oxygen atoms in total. The first-order valence-corrected chi connectivity index (χ1v) is 5.27. The number of ether oxygens (including phenoxy) is 1. The second-order valence-electron chi connectivity index (χ2n) is 3.89. The highest BCUT2D eigenvalue weighted by Gasteiger charge is 2.12. The smallest absolute Gasteiger partial charge is 0.331 e. The van der Waals surface area contributed by atoms with E-state index in [0.717, 1.165) is 5.56 Å². The van der Waals surface area contributed by atoms with Crippen LogP contribution in [0.5, 0.6) is 5.75 Å². The summed E-state index contributed by atoms with van der Waals surface area (Å²) in [4.78, 5) is 10.5. The number of aryl methyl sites for hydroxylation is 1. The molecule has 0 amide bonds. The number of hydrogen-bond donors (Lipinski definition) is 2. The molecule has 0 bridgehead atoms. The topological polar surface area (TPSA) is 66.8 Å². The number of benzene rings is 1. The number of aliphatic hydroxyl groups excluding tert-OH is 1. The van der Waals surface area contributed by atoms with Gasteiger partial charge in [0.05, 0.1) is 6.10 Å². The molecular weight excluding hydrogens is 220 g/mol. The van der Waals surface area contributed by atoms with E-state index in [1.54, 1.807) is 6.07 Å². The van der Waals surface area contributed by atoms with Crippen LogP contribution in [0, 0.1) is 6.92 Å². The first-order chi connectivity index (χ1) is 7.99. The summed E-state index contributed by atoms with van der Waals surface area (Å²) < 4.78 is 5.35. The summed E-state index contributed by atoms with van der Waals surface area (Å²) in [5.41, 5.74) is 1.04. The van der Waals surface area contributed by atoms with Gasteiger partial charge in [-0.2, -0.15) is 0 Å². The van der Waals surface area contributed by atoms with E-state index < -0.39 is 12.1 Å². The SMILES string of the molecule is C=C(CC(O)COc1cccc(C)c1)C(=O)O. The van der Waals surface area contributed by atoms with Crippen molar-refractivity contribution >= 4 is 5.97 Å². The van der Waals surface area contributed by atoms with Gasteiger partial charge in [-0.25, -0.2) is 4.79 Å². The molecule has 92 valence electrons. The van der Waals surface area contributed by atoms with Gasteiger partial charge in [-0.15, -0.1) is 0 Å². The lowest BCUT2D eigenvalue weighted by Crippen LogP contribution is -2.20. The van der Waals surface area contributed by atoms with E-state index in [2.05, 4.69) is 6.58 Å². The third-order valence-corrected chi connectivity index (χ3v) is 2.22. The van der Waals surface area contributed by atoms with Gasteiger partial charge >= 0.3 is 5.97 Å². The maximum atomic E-state index is 10.5. The summed E-state index contributed by atoms with van der Waals surface area (Å²) in [5.74, 6) is -0.440. The van der Waals surface area contributed by atoms with Gasteiger partial charge < -0.3 is 14.9 Å². The van der Waals surface area contributed by atoms with E-state index in [1.807, 2.05) is 25.1 Å². The van der Waals surface area contributed by atoms with Crippen molar-refractivity contribution in [1.29, 1.82) is 0 Å². The van der Waals surface area contributed by atoms with Crippen LogP contribution in [0.3, 0.4) is 0 Å². The lowest BCUT2D eigenvalue weighted by molar-refractivity contribution is -0.133. The monoisotopic (exact) mass is 236 g/mol. The lowest BCUT2D eigenvalue weighted by Gasteiger charge is -2.12. The molecule has 0 aromatic heterocycles. The molecule has 17 heavy (non-hydrogen) atoms. The minimum atomic E-state index is -1.10. The summed E-state index contributed by atoms with van der Waals surface area (Å²) >= 11 is 0. The summed E-state index contributed by atoms with van der Waals surface area (Å²) in [7, 11) is 0. The molecule has 0 fully saturated rings. The molecule has 0 heterocycles.